The van der Waals surface area contributed by atoms with E-state index in [2.05, 4.69) is 36.5 Å². The van der Waals surface area contributed by atoms with Crippen LogP contribution in [0, 0.1) is 0 Å². The number of nitrogens with one attached hydrogen (secondary N) is 1. The summed E-state index contributed by atoms with van der Waals surface area (Å²) in [5.41, 5.74) is 3.06. The number of aryl methyl sites for hydroxylation is 1. The zero-order valence-electron chi connectivity index (χ0n) is 14.5. The van der Waals surface area contributed by atoms with Crippen molar-refractivity contribution in [2.24, 2.45) is 0 Å². The summed E-state index contributed by atoms with van der Waals surface area (Å²) in [6, 6.07) is 6.06. The Morgan fingerprint density at radius 3 is 2.76 bits per heavy atom. The van der Waals surface area contributed by atoms with Gasteiger partial charge in [0.05, 0.1) is 17.8 Å². The first-order valence-electron chi connectivity index (χ1n) is 8.33. The minimum atomic E-state index is -0.0925. The number of rotatable bonds is 6. The van der Waals surface area contributed by atoms with Gasteiger partial charge in [0.15, 0.2) is 0 Å². The van der Waals surface area contributed by atoms with Crippen LogP contribution in [0.1, 0.15) is 37.9 Å². The lowest BCUT2D eigenvalue weighted by Gasteiger charge is -2.11. The summed E-state index contributed by atoms with van der Waals surface area (Å²) < 4.78 is 5.87. The average Bonchev–Trinajstić information content (AvgIpc) is 3.17. The van der Waals surface area contributed by atoms with Gasteiger partial charge in [0.25, 0.3) is 12.4 Å². The highest BCUT2D eigenvalue weighted by Gasteiger charge is 2.20. The van der Waals surface area contributed by atoms with Crippen molar-refractivity contribution in [1.29, 1.82) is 0 Å². The van der Waals surface area contributed by atoms with Gasteiger partial charge in [-0.15, -0.1) is 4.67 Å². The Morgan fingerprint density at radius 2 is 2.12 bits per heavy atom. The largest absolute Gasteiger partial charge is 0.326 e. The number of hydrogen-bond donors (Lipinski definition) is 1. The van der Waals surface area contributed by atoms with Gasteiger partial charge < -0.3 is 4.98 Å². The first-order chi connectivity index (χ1) is 12.0. The first kappa shape index (κ1) is 17.9. The number of aromatic nitrogens is 2. The fraction of sp³-hybridized carbons (Fsp3) is 0.316. The molecule has 1 N–H and O–H groups in total. The van der Waals surface area contributed by atoms with E-state index in [4.69, 9.17) is 11.6 Å². The van der Waals surface area contributed by atoms with Gasteiger partial charge in [-0.3, -0.25) is 4.57 Å². The molecular weight excluding hydrogens is 354 g/mol. The monoisotopic (exact) mass is 374 g/mol. The Balaban J connectivity index is 2.02. The third kappa shape index (κ3) is 4.01. The molecule has 130 valence electrons. The minimum Gasteiger partial charge on any atom is -0.308 e. The molecule has 0 amide bonds. The summed E-state index contributed by atoms with van der Waals surface area (Å²) in [4.78, 5) is 16.6. The second kappa shape index (κ2) is 7.52. The van der Waals surface area contributed by atoms with Crippen LogP contribution >= 0.6 is 23.4 Å². The number of allylic oxidation sites excluding steroid dienone is 2. The summed E-state index contributed by atoms with van der Waals surface area (Å²) >= 11 is 7.84. The number of aromatic amines is 1. The standard InChI is InChI=1S/C19H20ClN3OS/c1-4-13-7-15(20)9-16(8-13)25-18-17(12(2)3)22-19(24)23(18)11-14-5-6-21-10-14/h5-10,12H,4,11H2,1-3H3/p+1. The average molecular weight is 375 g/mol. The molecule has 2 aromatic rings. The molecule has 1 aromatic heterocycles. The number of imidazole rings is 1. The van der Waals surface area contributed by atoms with Crippen molar-refractivity contribution in [2.45, 2.75) is 49.6 Å². The van der Waals surface area contributed by atoms with Gasteiger partial charge in [0.2, 0.25) is 0 Å². The zero-order chi connectivity index (χ0) is 18.0. The lowest BCUT2D eigenvalue weighted by atomic mass is 10.1. The van der Waals surface area contributed by atoms with Gasteiger partial charge in [-0.2, -0.15) is 0 Å². The van der Waals surface area contributed by atoms with E-state index in [9.17, 15) is 4.79 Å². The number of halogens is 1. The summed E-state index contributed by atoms with van der Waals surface area (Å²) in [7, 11) is 0. The maximum absolute atomic E-state index is 12.5. The van der Waals surface area contributed by atoms with E-state index in [-0.39, 0.29) is 11.6 Å². The van der Waals surface area contributed by atoms with Crippen LogP contribution in [0.15, 0.2) is 44.6 Å². The fourth-order valence-electron chi connectivity index (χ4n) is 2.71. The van der Waals surface area contributed by atoms with Crippen LogP contribution in [-0.2, 0) is 13.0 Å². The van der Waals surface area contributed by atoms with E-state index in [1.165, 1.54) is 5.56 Å². The van der Waals surface area contributed by atoms with Gasteiger partial charge in [-0.05, 0) is 36.1 Å². The molecule has 1 aromatic carbocycles. The molecule has 1 aliphatic rings. The Bertz CT molecular complexity index is 946. The molecule has 0 radical (unpaired) electrons. The molecular formula is C19H21ClN3OS+. The van der Waals surface area contributed by atoms with Gasteiger partial charge in [0.1, 0.15) is 5.03 Å². The van der Waals surface area contributed by atoms with E-state index >= 15 is 0 Å². The molecule has 2 heterocycles. The van der Waals surface area contributed by atoms with Crippen molar-refractivity contribution in [3.8, 4) is 0 Å². The van der Waals surface area contributed by atoms with Gasteiger partial charge in [0, 0.05) is 16.0 Å². The molecule has 6 heteroatoms. The number of hydrogen-bond acceptors (Lipinski definition) is 2. The molecule has 0 atom stereocenters. The molecule has 0 aliphatic carbocycles. The first-order valence-corrected chi connectivity index (χ1v) is 9.53. The van der Waals surface area contributed by atoms with Crippen molar-refractivity contribution >= 4 is 35.8 Å². The highest BCUT2D eigenvalue weighted by atomic mass is 35.5. The number of benzene rings is 1. The van der Waals surface area contributed by atoms with Crippen LogP contribution in [0.25, 0.3) is 0 Å². The third-order valence-corrected chi connectivity index (χ3v) is 5.37. The summed E-state index contributed by atoms with van der Waals surface area (Å²) in [5, 5.41) is 1.66. The minimum absolute atomic E-state index is 0.0925. The molecule has 0 unspecified atom stereocenters. The summed E-state index contributed by atoms with van der Waals surface area (Å²) in [6.45, 7) is 6.78. The molecule has 0 saturated carbocycles. The molecule has 25 heavy (non-hydrogen) atoms. The van der Waals surface area contributed by atoms with Gasteiger partial charge >= 0.3 is 5.69 Å². The third-order valence-electron chi connectivity index (χ3n) is 4.05. The molecule has 0 spiro atoms. The SMILES string of the molecule is CCc1cc(Cl)cc(Sc2c(C(C)C)[nH]c(=O)n2CC2=CC=[N+]=C2)c1. The Hall–Kier alpha value is -1.94. The van der Waals surface area contributed by atoms with Crippen LogP contribution in [0.2, 0.25) is 5.02 Å². The van der Waals surface area contributed by atoms with E-state index in [1.807, 2.05) is 18.2 Å². The molecule has 3 rings (SSSR count). The highest BCUT2D eigenvalue weighted by Crippen LogP contribution is 2.34. The molecule has 0 fully saturated rings. The van der Waals surface area contributed by atoms with Crippen LogP contribution < -0.4 is 10.4 Å². The van der Waals surface area contributed by atoms with Crippen molar-refractivity contribution in [1.82, 2.24) is 14.2 Å². The van der Waals surface area contributed by atoms with Crippen LogP contribution in [0.3, 0.4) is 0 Å². The van der Waals surface area contributed by atoms with Gasteiger partial charge in [-0.1, -0.05) is 44.1 Å². The second-order valence-corrected chi connectivity index (χ2v) is 7.81. The van der Waals surface area contributed by atoms with Crippen molar-refractivity contribution in [2.75, 3.05) is 0 Å². The maximum Gasteiger partial charge on any atom is 0.326 e. The van der Waals surface area contributed by atoms with Gasteiger partial charge in [-0.25, -0.2) is 4.79 Å². The Morgan fingerprint density at radius 1 is 1.32 bits per heavy atom. The predicted molar refractivity (Wildman–Crippen MR) is 106 cm³/mol. The van der Waals surface area contributed by atoms with E-state index < -0.39 is 0 Å². The maximum atomic E-state index is 12.5. The van der Waals surface area contributed by atoms with Crippen LogP contribution in [0.4, 0.5) is 0 Å². The smallest absolute Gasteiger partial charge is 0.308 e. The quantitative estimate of drug-likeness (QED) is 0.781. The predicted octanol–water partition coefficient (Wildman–Crippen LogP) is 3.82. The topological polar surface area (TPSA) is 51.9 Å². The number of H-pyrrole nitrogens is 1. The molecule has 4 nitrogen and oxygen atoms in total. The van der Waals surface area contributed by atoms with Crippen molar-refractivity contribution in [3.05, 3.63) is 56.6 Å². The lowest BCUT2D eigenvalue weighted by molar-refractivity contribution is 0.694. The fourth-order valence-corrected chi connectivity index (χ4v) is 4.31. The second-order valence-electron chi connectivity index (χ2n) is 6.31. The van der Waals surface area contributed by atoms with E-state index in [0.29, 0.717) is 6.54 Å². The van der Waals surface area contributed by atoms with Crippen molar-refractivity contribution < 1.29 is 0 Å². The summed E-state index contributed by atoms with van der Waals surface area (Å²) in [6.07, 6.45) is 6.38. The van der Waals surface area contributed by atoms with Crippen LogP contribution in [0.5, 0.6) is 0 Å². The molecule has 0 saturated heterocycles. The lowest BCUT2D eigenvalue weighted by Crippen LogP contribution is -2.19. The summed E-state index contributed by atoms with van der Waals surface area (Å²) in [5.74, 6) is 0.221. The Labute approximate surface area is 156 Å². The molecule has 1 aliphatic heterocycles. The van der Waals surface area contributed by atoms with E-state index in [1.54, 1.807) is 28.8 Å². The normalized spacial score (nSPS) is 13.1. The zero-order valence-corrected chi connectivity index (χ0v) is 16.1. The van der Waals surface area contributed by atoms with Crippen molar-refractivity contribution in [3.63, 3.8) is 0 Å². The Kier molecular flexibility index (Phi) is 5.38. The molecule has 0 bridgehead atoms. The van der Waals surface area contributed by atoms with E-state index in [0.717, 1.165) is 32.6 Å². The van der Waals surface area contributed by atoms with Crippen LogP contribution in [-0.4, -0.2) is 22.0 Å². The number of nitrogens with zero attached hydrogens (tertiary/aromatic N) is 2. The highest BCUT2D eigenvalue weighted by molar-refractivity contribution is 7.99.